The lowest BCUT2D eigenvalue weighted by Crippen LogP contribution is -2.38. The van der Waals surface area contributed by atoms with Gasteiger partial charge in [-0.2, -0.15) is 0 Å². The molecule has 19 heavy (non-hydrogen) atoms. The van der Waals surface area contributed by atoms with Gasteiger partial charge >= 0.3 is 11.8 Å². The standard InChI is InChI=1S/C13H16N4O2/c1-8-15-10-4-3-9(7-11(10)16-8)5-6-17(2)13(19)12(14)18/h3-4,7H,5-6H2,1-2H3,(H2,14,18)(H,15,16). The fourth-order valence-corrected chi connectivity index (χ4v) is 1.93. The van der Waals surface area contributed by atoms with Crippen molar-refractivity contribution >= 4 is 22.8 Å². The molecular weight excluding hydrogens is 244 g/mol. The SMILES string of the molecule is Cc1nc2ccc(CCN(C)C(=O)C(N)=O)cc2[nH]1. The second kappa shape index (κ2) is 5.09. The van der Waals surface area contributed by atoms with Crippen LogP contribution >= 0.6 is 0 Å². The van der Waals surface area contributed by atoms with Crippen LogP contribution in [0.3, 0.4) is 0 Å². The summed E-state index contributed by atoms with van der Waals surface area (Å²) in [6.45, 7) is 2.35. The molecule has 2 rings (SSSR count). The highest BCUT2D eigenvalue weighted by atomic mass is 16.2. The summed E-state index contributed by atoms with van der Waals surface area (Å²) >= 11 is 0. The van der Waals surface area contributed by atoms with Crippen molar-refractivity contribution in [1.29, 1.82) is 0 Å². The van der Waals surface area contributed by atoms with Gasteiger partial charge in [-0.25, -0.2) is 4.98 Å². The Balaban J connectivity index is 2.05. The number of imidazole rings is 1. The molecule has 2 amide bonds. The van der Waals surface area contributed by atoms with E-state index in [1.54, 1.807) is 7.05 Å². The number of benzene rings is 1. The summed E-state index contributed by atoms with van der Waals surface area (Å²) in [7, 11) is 1.56. The number of hydrogen-bond donors (Lipinski definition) is 2. The minimum absolute atomic E-state index is 0.445. The zero-order chi connectivity index (χ0) is 14.0. The second-order valence-corrected chi connectivity index (χ2v) is 4.51. The minimum atomic E-state index is -0.929. The first-order valence-corrected chi connectivity index (χ1v) is 5.97. The number of aryl methyl sites for hydroxylation is 1. The Kier molecular flexibility index (Phi) is 3.50. The summed E-state index contributed by atoms with van der Waals surface area (Å²) in [6.07, 6.45) is 0.656. The van der Waals surface area contributed by atoms with Gasteiger partial charge in [-0.1, -0.05) is 6.07 Å². The van der Waals surface area contributed by atoms with Gasteiger partial charge in [0.05, 0.1) is 11.0 Å². The van der Waals surface area contributed by atoms with Crippen molar-refractivity contribution in [2.75, 3.05) is 13.6 Å². The lowest BCUT2D eigenvalue weighted by atomic mass is 10.1. The van der Waals surface area contributed by atoms with Gasteiger partial charge in [-0.15, -0.1) is 0 Å². The van der Waals surface area contributed by atoms with Crippen LogP contribution < -0.4 is 5.73 Å². The summed E-state index contributed by atoms with van der Waals surface area (Å²) in [4.78, 5) is 30.9. The molecule has 0 saturated heterocycles. The third-order valence-electron chi connectivity index (χ3n) is 2.96. The number of fused-ring (bicyclic) bond motifs is 1. The van der Waals surface area contributed by atoms with Gasteiger partial charge in [-0.3, -0.25) is 9.59 Å². The smallest absolute Gasteiger partial charge is 0.311 e. The predicted molar refractivity (Wildman–Crippen MR) is 71.4 cm³/mol. The Morgan fingerprint density at radius 2 is 2.16 bits per heavy atom. The van der Waals surface area contributed by atoms with Crippen molar-refractivity contribution in [3.05, 3.63) is 29.6 Å². The average molecular weight is 260 g/mol. The number of H-pyrrole nitrogens is 1. The Labute approximate surface area is 110 Å². The van der Waals surface area contributed by atoms with E-state index >= 15 is 0 Å². The molecule has 0 aliphatic carbocycles. The second-order valence-electron chi connectivity index (χ2n) is 4.51. The third-order valence-corrected chi connectivity index (χ3v) is 2.96. The van der Waals surface area contributed by atoms with Crippen LogP contribution in [0.15, 0.2) is 18.2 Å². The van der Waals surface area contributed by atoms with E-state index < -0.39 is 11.8 Å². The molecule has 3 N–H and O–H groups in total. The van der Waals surface area contributed by atoms with Crippen LogP contribution in [-0.2, 0) is 16.0 Å². The molecule has 2 aromatic rings. The van der Waals surface area contributed by atoms with Crippen molar-refractivity contribution in [2.24, 2.45) is 5.73 Å². The molecule has 0 atom stereocenters. The molecule has 0 aliphatic rings. The molecule has 0 unspecified atom stereocenters. The van der Waals surface area contributed by atoms with Crippen molar-refractivity contribution in [1.82, 2.24) is 14.9 Å². The highest BCUT2D eigenvalue weighted by Crippen LogP contribution is 2.14. The van der Waals surface area contributed by atoms with E-state index in [4.69, 9.17) is 5.73 Å². The molecule has 0 aliphatic heterocycles. The van der Waals surface area contributed by atoms with Crippen LogP contribution in [-0.4, -0.2) is 40.3 Å². The van der Waals surface area contributed by atoms with Gasteiger partial charge in [0.25, 0.3) is 0 Å². The first-order valence-electron chi connectivity index (χ1n) is 5.97. The summed E-state index contributed by atoms with van der Waals surface area (Å²) in [5, 5.41) is 0. The third kappa shape index (κ3) is 2.90. The van der Waals surface area contributed by atoms with E-state index in [0.29, 0.717) is 13.0 Å². The van der Waals surface area contributed by atoms with Crippen LogP contribution in [0.1, 0.15) is 11.4 Å². The molecular formula is C13H16N4O2. The topological polar surface area (TPSA) is 92.1 Å². The van der Waals surface area contributed by atoms with E-state index in [-0.39, 0.29) is 0 Å². The van der Waals surface area contributed by atoms with Crippen LogP contribution in [0, 0.1) is 6.92 Å². The quantitative estimate of drug-likeness (QED) is 0.780. The summed E-state index contributed by atoms with van der Waals surface area (Å²) < 4.78 is 0. The van der Waals surface area contributed by atoms with E-state index in [0.717, 1.165) is 22.4 Å². The van der Waals surface area contributed by atoms with Crippen LogP contribution in [0.2, 0.25) is 0 Å². The van der Waals surface area contributed by atoms with Crippen molar-refractivity contribution < 1.29 is 9.59 Å². The number of rotatable bonds is 3. The van der Waals surface area contributed by atoms with Gasteiger partial charge in [-0.05, 0) is 31.0 Å². The molecule has 0 radical (unpaired) electrons. The van der Waals surface area contributed by atoms with E-state index in [9.17, 15) is 9.59 Å². The van der Waals surface area contributed by atoms with E-state index in [1.165, 1.54) is 4.90 Å². The van der Waals surface area contributed by atoms with Crippen molar-refractivity contribution in [3.8, 4) is 0 Å². The maximum absolute atomic E-state index is 11.3. The molecule has 0 bridgehead atoms. The molecule has 6 heteroatoms. The van der Waals surface area contributed by atoms with E-state index in [2.05, 4.69) is 9.97 Å². The number of primary amides is 1. The zero-order valence-corrected chi connectivity index (χ0v) is 10.9. The van der Waals surface area contributed by atoms with Gasteiger partial charge in [0.2, 0.25) is 0 Å². The highest BCUT2D eigenvalue weighted by Gasteiger charge is 2.14. The Bertz CT molecular complexity index is 633. The minimum Gasteiger partial charge on any atom is -0.361 e. The molecule has 100 valence electrons. The zero-order valence-electron chi connectivity index (χ0n) is 10.9. The molecule has 6 nitrogen and oxygen atoms in total. The number of nitrogens with one attached hydrogen (secondary N) is 1. The number of likely N-dealkylation sites (N-methyl/N-ethyl adjacent to an activating group) is 1. The largest absolute Gasteiger partial charge is 0.361 e. The maximum Gasteiger partial charge on any atom is 0.311 e. The molecule has 0 fully saturated rings. The first-order chi connectivity index (χ1) is 8.97. The van der Waals surface area contributed by atoms with Crippen LogP contribution in [0.25, 0.3) is 11.0 Å². The van der Waals surface area contributed by atoms with Crippen molar-refractivity contribution in [2.45, 2.75) is 13.3 Å². The number of nitrogens with two attached hydrogens (primary N) is 1. The van der Waals surface area contributed by atoms with Gasteiger partial charge in [0, 0.05) is 13.6 Å². The number of carbonyl (C=O) groups is 2. The molecule has 1 aromatic heterocycles. The molecule has 0 spiro atoms. The molecule has 1 heterocycles. The number of carbonyl (C=O) groups excluding carboxylic acids is 2. The van der Waals surface area contributed by atoms with Gasteiger partial charge in [0.15, 0.2) is 0 Å². The number of hydrogen-bond acceptors (Lipinski definition) is 3. The normalized spacial score (nSPS) is 10.6. The maximum atomic E-state index is 11.3. The number of nitrogens with zero attached hydrogens (tertiary/aromatic N) is 2. The number of aromatic amines is 1. The van der Waals surface area contributed by atoms with Crippen molar-refractivity contribution in [3.63, 3.8) is 0 Å². The van der Waals surface area contributed by atoms with Crippen LogP contribution in [0.4, 0.5) is 0 Å². The molecule has 0 saturated carbocycles. The highest BCUT2D eigenvalue weighted by molar-refractivity contribution is 6.34. The monoisotopic (exact) mass is 260 g/mol. The lowest BCUT2D eigenvalue weighted by Gasteiger charge is -2.14. The number of aromatic nitrogens is 2. The van der Waals surface area contributed by atoms with Gasteiger partial charge < -0.3 is 15.6 Å². The summed E-state index contributed by atoms with van der Waals surface area (Å²) in [5.41, 5.74) is 7.90. The predicted octanol–water partition coefficient (Wildman–Crippen LogP) is 0.358. The summed E-state index contributed by atoms with van der Waals surface area (Å²) in [5.74, 6) is -0.728. The number of amides is 2. The Morgan fingerprint density at radius 1 is 1.42 bits per heavy atom. The Hall–Kier alpha value is -2.37. The molecule has 1 aromatic carbocycles. The fraction of sp³-hybridized carbons (Fsp3) is 0.308. The Morgan fingerprint density at radius 3 is 2.84 bits per heavy atom. The van der Waals surface area contributed by atoms with Crippen LogP contribution in [0.5, 0.6) is 0 Å². The van der Waals surface area contributed by atoms with E-state index in [1.807, 2.05) is 25.1 Å². The summed E-state index contributed by atoms with van der Waals surface area (Å²) in [6, 6.07) is 5.90. The first kappa shape index (κ1) is 13.1. The van der Waals surface area contributed by atoms with Gasteiger partial charge in [0.1, 0.15) is 5.82 Å². The lowest BCUT2D eigenvalue weighted by molar-refractivity contribution is -0.143. The average Bonchev–Trinajstić information content (AvgIpc) is 2.74. The fourth-order valence-electron chi connectivity index (χ4n) is 1.93.